The van der Waals surface area contributed by atoms with E-state index < -0.39 is 6.04 Å². The molecular formula is C10H15FO. The van der Waals surface area contributed by atoms with Crippen molar-refractivity contribution in [3.8, 4) is 0 Å². The molecule has 0 saturated heterocycles. The van der Waals surface area contributed by atoms with Gasteiger partial charge >= 0.3 is 6.04 Å². The van der Waals surface area contributed by atoms with Gasteiger partial charge in [0.25, 0.3) is 0 Å². The molecule has 0 aromatic carbocycles. The maximum absolute atomic E-state index is 11.8. The van der Waals surface area contributed by atoms with Gasteiger partial charge in [-0.1, -0.05) is 11.1 Å². The standard InChI is InChI=1S/C10H15FO/c1-8(2)5-4-6-9(3)7-10(11)12/h7H,1,4-6H2,2-3H3. The van der Waals surface area contributed by atoms with Gasteiger partial charge in [0.2, 0.25) is 0 Å². The fourth-order valence-electron chi connectivity index (χ4n) is 0.935. The van der Waals surface area contributed by atoms with Crippen LogP contribution in [-0.4, -0.2) is 6.04 Å². The Morgan fingerprint density at radius 2 is 2.00 bits per heavy atom. The lowest BCUT2D eigenvalue weighted by Gasteiger charge is -1.99. The number of carbonyl (C=O) groups excluding carboxylic acids is 1. The van der Waals surface area contributed by atoms with Crippen molar-refractivity contribution < 1.29 is 9.18 Å². The Balaban J connectivity index is 3.64. The van der Waals surface area contributed by atoms with Crippen LogP contribution in [0.2, 0.25) is 0 Å². The van der Waals surface area contributed by atoms with Crippen LogP contribution in [0.3, 0.4) is 0 Å². The molecule has 0 aromatic heterocycles. The number of hydrogen-bond acceptors (Lipinski definition) is 1. The van der Waals surface area contributed by atoms with Crippen LogP contribution >= 0.6 is 0 Å². The van der Waals surface area contributed by atoms with E-state index in [1.54, 1.807) is 6.92 Å². The number of halogens is 1. The monoisotopic (exact) mass is 170 g/mol. The highest BCUT2D eigenvalue weighted by Crippen LogP contribution is 2.10. The van der Waals surface area contributed by atoms with Crippen molar-refractivity contribution in [2.24, 2.45) is 0 Å². The van der Waals surface area contributed by atoms with E-state index in [4.69, 9.17) is 0 Å². The van der Waals surface area contributed by atoms with E-state index >= 15 is 0 Å². The van der Waals surface area contributed by atoms with Gasteiger partial charge in [-0.2, -0.15) is 4.39 Å². The second-order valence-corrected chi connectivity index (χ2v) is 3.11. The molecule has 12 heavy (non-hydrogen) atoms. The van der Waals surface area contributed by atoms with Crippen molar-refractivity contribution in [2.75, 3.05) is 0 Å². The van der Waals surface area contributed by atoms with Crippen molar-refractivity contribution >= 4 is 6.04 Å². The molecule has 1 nitrogen and oxygen atoms in total. The first-order valence-corrected chi connectivity index (χ1v) is 4.03. The topological polar surface area (TPSA) is 17.1 Å². The number of carbonyl (C=O) groups is 1. The molecule has 0 amide bonds. The molecule has 0 aromatic rings. The highest BCUT2D eigenvalue weighted by molar-refractivity contribution is 5.81. The first-order chi connectivity index (χ1) is 5.52. The second-order valence-electron chi connectivity index (χ2n) is 3.11. The quantitative estimate of drug-likeness (QED) is 0.352. The second kappa shape index (κ2) is 5.70. The summed E-state index contributed by atoms with van der Waals surface area (Å²) in [4.78, 5) is 9.99. The summed E-state index contributed by atoms with van der Waals surface area (Å²) in [6.07, 6.45) is 3.68. The van der Waals surface area contributed by atoms with Crippen molar-refractivity contribution in [1.29, 1.82) is 0 Å². The van der Waals surface area contributed by atoms with Crippen molar-refractivity contribution in [1.82, 2.24) is 0 Å². The summed E-state index contributed by atoms with van der Waals surface area (Å²) < 4.78 is 11.8. The summed E-state index contributed by atoms with van der Waals surface area (Å²) >= 11 is 0. The van der Waals surface area contributed by atoms with E-state index in [2.05, 4.69) is 6.58 Å². The summed E-state index contributed by atoms with van der Waals surface area (Å²) in [5.41, 5.74) is 1.91. The number of rotatable bonds is 5. The van der Waals surface area contributed by atoms with Crippen LogP contribution in [0, 0.1) is 0 Å². The van der Waals surface area contributed by atoms with Crippen LogP contribution in [-0.2, 0) is 4.79 Å². The lowest BCUT2D eigenvalue weighted by molar-refractivity contribution is -0.124. The van der Waals surface area contributed by atoms with Gasteiger partial charge < -0.3 is 0 Å². The third kappa shape index (κ3) is 7.19. The van der Waals surface area contributed by atoms with E-state index in [-0.39, 0.29) is 0 Å². The first kappa shape index (κ1) is 11.1. The van der Waals surface area contributed by atoms with Gasteiger partial charge in [0.1, 0.15) is 0 Å². The zero-order chi connectivity index (χ0) is 9.56. The molecule has 0 radical (unpaired) electrons. The van der Waals surface area contributed by atoms with Crippen molar-refractivity contribution in [3.05, 3.63) is 23.8 Å². The molecule has 0 saturated carbocycles. The smallest absolute Gasteiger partial charge is 0.256 e. The average molecular weight is 170 g/mol. The summed E-state index contributed by atoms with van der Waals surface area (Å²) in [6.45, 7) is 7.47. The molecule has 68 valence electrons. The Kier molecular flexibility index (Phi) is 5.26. The van der Waals surface area contributed by atoms with Crippen LogP contribution in [0.5, 0.6) is 0 Å². The van der Waals surface area contributed by atoms with Gasteiger partial charge in [0.15, 0.2) is 0 Å². The Labute approximate surface area is 73.0 Å². The lowest BCUT2D eigenvalue weighted by Crippen LogP contribution is -1.85. The van der Waals surface area contributed by atoms with Gasteiger partial charge in [-0.3, -0.25) is 4.79 Å². The molecule has 0 heterocycles. The highest BCUT2D eigenvalue weighted by atomic mass is 19.1. The van der Waals surface area contributed by atoms with Crippen LogP contribution < -0.4 is 0 Å². The summed E-state index contributed by atoms with van der Waals surface area (Å²) in [5.74, 6) is 0. The molecular weight excluding hydrogens is 155 g/mol. The van der Waals surface area contributed by atoms with Gasteiger partial charge in [-0.05, 0) is 33.1 Å². The molecule has 0 aliphatic rings. The summed E-state index contributed by atoms with van der Waals surface area (Å²) in [6, 6.07) is -1.36. The number of hydrogen-bond donors (Lipinski definition) is 0. The molecule has 0 aliphatic heterocycles. The molecule has 2 heteroatoms. The molecule has 0 fully saturated rings. The SMILES string of the molecule is C=C(C)CCCC(C)=CC(=O)F. The van der Waals surface area contributed by atoms with Gasteiger partial charge in [0.05, 0.1) is 0 Å². The normalized spacial score (nSPS) is 11.4. The van der Waals surface area contributed by atoms with Crippen LogP contribution in [0.4, 0.5) is 4.39 Å². The molecule has 0 unspecified atom stereocenters. The fourth-order valence-corrected chi connectivity index (χ4v) is 0.935. The minimum atomic E-state index is -1.36. The van der Waals surface area contributed by atoms with Gasteiger partial charge in [0, 0.05) is 6.08 Å². The van der Waals surface area contributed by atoms with E-state index in [9.17, 15) is 9.18 Å². The third-order valence-corrected chi connectivity index (χ3v) is 1.53. The maximum atomic E-state index is 11.8. The van der Waals surface area contributed by atoms with E-state index in [0.29, 0.717) is 0 Å². The molecule has 0 N–H and O–H groups in total. The third-order valence-electron chi connectivity index (χ3n) is 1.53. The Morgan fingerprint density at radius 1 is 1.42 bits per heavy atom. The van der Waals surface area contributed by atoms with Crippen LogP contribution in [0.1, 0.15) is 33.1 Å². The van der Waals surface area contributed by atoms with Crippen molar-refractivity contribution in [3.63, 3.8) is 0 Å². The fraction of sp³-hybridized carbons (Fsp3) is 0.500. The van der Waals surface area contributed by atoms with Crippen LogP contribution in [0.25, 0.3) is 0 Å². The highest BCUT2D eigenvalue weighted by Gasteiger charge is 1.95. The molecule has 0 aliphatic carbocycles. The Morgan fingerprint density at radius 3 is 2.42 bits per heavy atom. The summed E-state index contributed by atoms with van der Waals surface area (Å²) in [5, 5.41) is 0. The Bertz CT molecular complexity index is 204. The molecule has 0 bridgehead atoms. The number of allylic oxidation sites excluding steroid dienone is 3. The predicted octanol–water partition coefficient (Wildman–Crippen LogP) is 3.18. The minimum absolute atomic E-state index is 0.766. The maximum Gasteiger partial charge on any atom is 0.324 e. The van der Waals surface area contributed by atoms with E-state index in [0.717, 1.165) is 36.5 Å². The lowest BCUT2D eigenvalue weighted by atomic mass is 10.1. The van der Waals surface area contributed by atoms with Gasteiger partial charge in [-0.25, -0.2) is 0 Å². The Hall–Kier alpha value is -0.920. The zero-order valence-electron chi connectivity index (χ0n) is 7.69. The van der Waals surface area contributed by atoms with E-state index in [1.807, 2.05) is 6.92 Å². The molecule has 0 rings (SSSR count). The molecule has 0 spiro atoms. The zero-order valence-corrected chi connectivity index (χ0v) is 7.69. The van der Waals surface area contributed by atoms with Crippen LogP contribution in [0.15, 0.2) is 23.8 Å². The van der Waals surface area contributed by atoms with E-state index in [1.165, 1.54) is 0 Å². The molecule has 0 atom stereocenters. The first-order valence-electron chi connectivity index (χ1n) is 4.03. The average Bonchev–Trinajstić information content (AvgIpc) is 1.84. The minimum Gasteiger partial charge on any atom is -0.256 e. The predicted molar refractivity (Wildman–Crippen MR) is 48.5 cm³/mol. The van der Waals surface area contributed by atoms with Gasteiger partial charge in [-0.15, -0.1) is 6.58 Å². The summed E-state index contributed by atoms with van der Waals surface area (Å²) in [7, 11) is 0. The largest absolute Gasteiger partial charge is 0.324 e. The van der Waals surface area contributed by atoms with Crippen molar-refractivity contribution in [2.45, 2.75) is 33.1 Å².